The van der Waals surface area contributed by atoms with Gasteiger partial charge in [0.2, 0.25) is 6.41 Å². The van der Waals surface area contributed by atoms with E-state index >= 15 is 0 Å². The molecule has 0 bridgehead atoms. The van der Waals surface area contributed by atoms with Crippen LogP contribution >= 0.6 is 0 Å². The lowest BCUT2D eigenvalue weighted by Gasteiger charge is -2.22. The lowest BCUT2D eigenvalue weighted by Crippen LogP contribution is -2.34. The van der Waals surface area contributed by atoms with Crippen molar-refractivity contribution in [1.82, 2.24) is 29.6 Å². The fraction of sp³-hybridized carbons (Fsp3) is 0.310. The van der Waals surface area contributed by atoms with Gasteiger partial charge in [-0.1, -0.05) is 19.1 Å². The van der Waals surface area contributed by atoms with Gasteiger partial charge in [-0.15, -0.1) is 5.10 Å². The Morgan fingerprint density at radius 2 is 1.88 bits per heavy atom. The molecule has 5 rings (SSSR count). The van der Waals surface area contributed by atoms with Gasteiger partial charge in [-0.2, -0.15) is 8.78 Å². The Balaban J connectivity index is 0.000000996. The highest BCUT2D eigenvalue weighted by molar-refractivity contribution is 6.07. The van der Waals surface area contributed by atoms with E-state index in [1.165, 1.54) is 13.2 Å². The van der Waals surface area contributed by atoms with E-state index < -0.39 is 18.3 Å². The lowest BCUT2D eigenvalue weighted by atomic mass is 10.0. The second-order valence-electron chi connectivity index (χ2n) is 9.68. The summed E-state index contributed by atoms with van der Waals surface area (Å²) in [4.78, 5) is 47.7. The summed E-state index contributed by atoms with van der Waals surface area (Å²) in [6.45, 7) is 3.30. The summed E-state index contributed by atoms with van der Waals surface area (Å²) in [6, 6.07) is 12.1. The largest absolute Gasteiger partial charge is 0.401 e. The molecule has 0 aliphatic carbocycles. The number of nitrogens with one attached hydrogen (secondary N) is 1. The molecule has 1 unspecified atom stereocenters. The second kappa shape index (κ2) is 13.2. The van der Waals surface area contributed by atoms with Gasteiger partial charge in [0.05, 0.1) is 23.6 Å². The molecule has 0 saturated carbocycles. The standard InChI is InChI=1S/C27H27F2N7O3.C2H5NO/c1-5-20-21(22-10-9-19(14-31-22)36-25(39-24(28)29)32-33(4)26(36)37)11-12-30-23(20)34-15-17(3)35(27(34)38)18-8-6-7-16(2)13-18;1-3-2-4/h6-14,17,24H,5,15H2,1-4H3;2H,1H3,(H,3,4). The lowest BCUT2D eigenvalue weighted by molar-refractivity contribution is -0.109. The van der Waals surface area contributed by atoms with Crippen LogP contribution in [-0.2, 0) is 18.3 Å². The summed E-state index contributed by atoms with van der Waals surface area (Å²) in [5.74, 6) is 0.559. The van der Waals surface area contributed by atoms with Crippen LogP contribution in [0, 0.1) is 6.92 Å². The van der Waals surface area contributed by atoms with Crippen LogP contribution in [0.2, 0.25) is 0 Å². The number of rotatable bonds is 8. The Bertz CT molecular complexity index is 1660. The van der Waals surface area contributed by atoms with Crippen molar-refractivity contribution in [2.45, 2.75) is 39.8 Å². The maximum Gasteiger partial charge on any atom is 0.389 e. The first-order chi connectivity index (χ1) is 20.6. The number of halogens is 2. The molecule has 1 N–H and O–H groups in total. The van der Waals surface area contributed by atoms with Crippen molar-refractivity contribution in [3.05, 3.63) is 76.5 Å². The van der Waals surface area contributed by atoms with Crippen LogP contribution in [0.4, 0.5) is 25.1 Å². The van der Waals surface area contributed by atoms with Gasteiger partial charge in [0.15, 0.2) is 0 Å². The van der Waals surface area contributed by atoms with E-state index in [0.717, 1.165) is 31.6 Å². The van der Waals surface area contributed by atoms with Gasteiger partial charge in [0.1, 0.15) is 5.82 Å². The summed E-state index contributed by atoms with van der Waals surface area (Å²) in [5.41, 5.74) is 3.65. The van der Waals surface area contributed by atoms with Gasteiger partial charge in [0.25, 0.3) is 0 Å². The van der Waals surface area contributed by atoms with Gasteiger partial charge in [-0.05, 0) is 56.2 Å². The molecule has 1 aromatic carbocycles. The fourth-order valence-corrected chi connectivity index (χ4v) is 4.86. The molecule has 226 valence electrons. The van der Waals surface area contributed by atoms with Gasteiger partial charge in [-0.3, -0.25) is 19.6 Å². The molecule has 4 aromatic rings. The highest BCUT2D eigenvalue weighted by Crippen LogP contribution is 2.34. The minimum Gasteiger partial charge on any atom is -0.401 e. The zero-order valence-electron chi connectivity index (χ0n) is 24.4. The minimum atomic E-state index is -3.14. The zero-order valence-corrected chi connectivity index (χ0v) is 24.4. The molecule has 4 heterocycles. The highest BCUT2D eigenvalue weighted by atomic mass is 19.3. The number of alkyl halides is 2. The monoisotopic (exact) mass is 594 g/mol. The molecule has 0 spiro atoms. The van der Waals surface area contributed by atoms with Crippen molar-refractivity contribution < 1.29 is 23.1 Å². The molecule has 0 radical (unpaired) electrons. The van der Waals surface area contributed by atoms with E-state index in [-0.39, 0.29) is 17.8 Å². The number of nitrogens with zero attached hydrogens (tertiary/aromatic N) is 7. The van der Waals surface area contributed by atoms with Gasteiger partial charge in [-0.25, -0.2) is 23.8 Å². The third-order valence-corrected chi connectivity index (χ3v) is 6.74. The Hall–Kier alpha value is -5.14. The normalized spacial score (nSPS) is 14.5. The summed E-state index contributed by atoms with van der Waals surface area (Å²) < 4.78 is 31.9. The number of amides is 3. The number of aryl methyl sites for hydroxylation is 2. The van der Waals surface area contributed by atoms with Gasteiger partial charge < -0.3 is 10.1 Å². The van der Waals surface area contributed by atoms with E-state index in [1.807, 2.05) is 51.1 Å². The van der Waals surface area contributed by atoms with Gasteiger partial charge in [0, 0.05) is 43.7 Å². The van der Waals surface area contributed by atoms with E-state index in [0.29, 0.717) is 30.9 Å². The Kier molecular flexibility index (Phi) is 9.48. The van der Waals surface area contributed by atoms with Crippen molar-refractivity contribution in [3.8, 4) is 23.0 Å². The number of benzene rings is 1. The molecular weight excluding hydrogens is 562 g/mol. The molecule has 14 heteroatoms. The minimum absolute atomic E-state index is 0.0608. The number of aromatic nitrogens is 5. The predicted molar refractivity (Wildman–Crippen MR) is 157 cm³/mol. The van der Waals surface area contributed by atoms with Gasteiger partial charge >= 0.3 is 24.3 Å². The van der Waals surface area contributed by atoms with Crippen LogP contribution in [0.3, 0.4) is 0 Å². The molecule has 3 amide bonds. The Morgan fingerprint density at radius 3 is 2.49 bits per heavy atom. The number of hydrogen-bond donors (Lipinski definition) is 1. The summed E-state index contributed by atoms with van der Waals surface area (Å²) >= 11 is 0. The zero-order chi connectivity index (χ0) is 31.3. The van der Waals surface area contributed by atoms with Crippen LogP contribution in [0.25, 0.3) is 16.9 Å². The molecule has 43 heavy (non-hydrogen) atoms. The molecule has 1 fully saturated rings. The maximum absolute atomic E-state index is 13.6. The van der Waals surface area contributed by atoms with Crippen molar-refractivity contribution in [3.63, 3.8) is 0 Å². The third kappa shape index (κ3) is 6.37. The van der Waals surface area contributed by atoms with E-state index in [9.17, 15) is 18.4 Å². The van der Waals surface area contributed by atoms with Crippen molar-refractivity contribution in [1.29, 1.82) is 0 Å². The Morgan fingerprint density at radius 1 is 1.14 bits per heavy atom. The van der Waals surface area contributed by atoms with Crippen molar-refractivity contribution >= 4 is 23.9 Å². The predicted octanol–water partition coefficient (Wildman–Crippen LogP) is 3.70. The quantitative estimate of drug-likeness (QED) is 0.308. The molecule has 1 aliphatic rings. The first-order valence-electron chi connectivity index (χ1n) is 13.4. The smallest absolute Gasteiger partial charge is 0.389 e. The van der Waals surface area contributed by atoms with Crippen LogP contribution in [0.1, 0.15) is 25.0 Å². The Labute approximate surface area is 246 Å². The van der Waals surface area contributed by atoms with Crippen LogP contribution in [0.15, 0.2) is 59.7 Å². The molecular formula is C29H32F2N8O4. The number of ether oxygens (including phenoxy) is 1. The number of urea groups is 1. The van der Waals surface area contributed by atoms with Crippen molar-refractivity contribution in [2.24, 2.45) is 7.05 Å². The molecule has 3 aromatic heterocycles. The molecule has 12 nitrogen and oxygen atoms in total. The number of carbonyl (C=O) groups excluding carboxylic acids is 2. The first-order valence-corrected chi connectivity index (χ1v) is 13.4. The van der Waals surface area contributed by atoms with Crippen LogP contribution in [0.5, 0.6) is 6.01 Å². The summed E-state index contributed by atoms with van der Waals surface area (Å²) in [7, 11) is 2.90. The fourth-order valence-electron chi connectivity index (χ4n) is 4.86. The molecule has 1 atom stereocenters. The summed E-state index contributed by atoms with van der Waals surface area (Å²) in [5, 5.41) is 5.97. The van der Waals surface area contributed by atoms with E-state index in [1.54, 1.807) is 35.2 Å². The summed E-state index contributed by atoms with van der Waals surface area (Å²) in [6.07, 6.45) is 4.23. The number of anilines is 2. The highest BCUT2D eigenvalue weighted by Gasteiger charge is 2.38. The van der Waals surface area contributed by atoms with E-state index in [4.69, 9.17) is 4.79 Å². The first kappa shape index (κ1) is 30.8. The van der Waals surface area contributed by atoms with E-state index in [2.05, 4.69) is 25.1 Å². The molecule has 1 saturated heterocycles. The topological polar surface area (TPSA) is 127 Å². The maximum atomic E-state index is 13.6. The SMILES string of the molecule is CCc1c(-c2ccc(-n3c(OC(F)F)nn(C)c3=O)cn2)ccnc1N1CC(C)N(c2cccc(C)c2)C1=O.CNC=O. The van der Waals surface area contributed by atoms with Crippen LogP contribution in [-0.4, -0.2) is 63.0 Å². The molecule has 1 aliphatic heterocycles. The van der Waals surface area contributed by atoms with Crippen molar-refractivity contribution in [2.75, 3.05) is 23.4 Å². The third-order valence-electron chi connectivity index (χ3n) is 6.74. The number of hydrogen-bond acceptors (Lipinski definition) is 7. The number of pyridine rings is 2. The average molecular weight is 595 g/mol. The average Bonchev–Trinajstić information content (AvgIpc) is 3.44. The second-order valence-corrected chi connectivity index (χ2v) is 9.68. The number of carbonyl (C=O) groups is 2. The van der Waals surface area contributed by atoms with Crippen LogP contribution < -0.4 is 25.5 Å².